The first kappa shape index (κ1) is 54.6. The van der Waals surface area contributed by atoms with E-state index in [4.69, 9.17) is 23.8 Å². The minimum absolute atomic E-state index is 0.0275. The van der Waals surface area contributed by atoms with Crippen LogP contribution in [-0.4, -0.2) is 143 Å². The standard InChI is InChI=1S/C48H60N10O14S2/c1-45(2,3)69-42(62)52-41-50-33(28-73-41)35(54-72-48(20-21-48)40(61)68-37(30-16-12-10-13-17-30)31-18-14-11-15-19-31)38(59)51-36-34(58(39(36)60)74(65,66)67)27-57-49-22-32(53-57)26-56(44(64)71-47(7,8)9)25-29-23-55(24-29)43(63)70-46(4,5)6/h10-19,22,28-29,34,36-37H,20-21,23-27H2,1-9H3,(H,51,59)(H,50,52,62)(H,65,66,67)/t34-,36+/m1/s1. The summed E-state index contributed by atoms with van der Waals surface area (Å²) in [6.07, 6.45) is -1.23. The third-order valence-corrected chi connectivity index (χ3v) is 12.8. The molecule has 0 bridgehead atoms. The van der Waals surface area contributed by atoms with Gasteiger partial charge >= 0.3 is 34.6 Å². The Labute approximate surface area is 431 Å². The molecule has 398 valence electrons. The third-order valence-electron chi connectivity index (χ3n) is 11.1. The van der Waals surface area contributed by atoms with Gasteiger partial charge in [-0.15, -0.1) is 11.3 Å². The number of hydrogen-bond acceptors (Lipinski definition) is 18. The van der Waals surface area contributed by atoms with Gasteiger partial charge in [-0.05, 0) is 73.4 Å². The van der Waals surface area contributed by atoms with E-state index in [1.807, 2.05) is 12.1 Å². The number of benzene rings is 2. The van der Waals surface area contributed by atoms with Crippen LogP contribution in [0.15, 0.2) is 77.4 Å². The van der Waals surface area contributed by atoms with Crippen molar-refractivity contribution in [1.29, 1.82) is 0 Å². The first-order valence-corrected chi connectivity index (χ1v) is 25.8. The van der Waals surface area contributed by atoms with Crippen LogP contribution in [0.25, 0.3) is 0 Å². The second kappa shape index (κ2) is 21.3. The van der Waals surface area contributed by atoms with Crippen LogP contribution in [0.5, 0.6) is 0 Å². The largest absolute Gasteiger partial charge is 0.450 e. The first-order chi connectivity index (χ1) is 34.6. The van der Waals surface area contributed by atoms with E-state index in [0.717, 1.165) is 16.1 Å². The van der Waals surface area contributed by atoms with Crippen molar-refractivity contribution >= 4 is 68.5 Å². The van der Waals surface area contributed by atoms with Gasteiger partial charge in [-0.3, -0.25) is 19.5 Å². The van der Waals surface area contributed by atoms with E-state index < -0.39 is 99.2 Å². The number of aromatic nitrogens is 4. The summed E-state index contributed by atoms with van der Waals surface area (Å²) >= 11 is 0.883. The maximum Gasteiger partial charge on any atom is 0.413 e. The van der Waals surface area contributed by atoms with Crippen molar-refractivity contribution < 1.29 is 65.5 Å². The molecule has 1 aliphatic carbocycles. The average Bonchev–Trinajstić information content (AvgIpc) is 3.71. The van der Waals surface area contributed by atoms with Gasteiger partial charge in [0.15, 0.2) is 16.9 Å². The van der Waals surface area contributed by atoms with Crippen LogP contribution >= 0.6 is 11.3 Å². The van der Waals surface area contributed by atoms with Crippen LogP contribution in [0.3, 0.4) is 0 Å². The summed E-state index contributed by atoms with van der Waals surface area (Å²) in [5.41, 5.74) is -3.24. The number of carbonyl (C=O) groups excluding carboxylic acids is 6. The van der Waals surface area contributed by atoms with Crippen LogP contribution in [-0.2, 0) is 61.6 Å². The van der Waals surface area contributed by atoms with E-state index >= 15 is 0 Å². The van der Waals surface area contributed by atoms with E-state index in [1.54, 1.807) is 111 Å². The quantitative estimate of drug-likeness (QED) is 0.0295. The zero-order valence-corrected chi connectivity index (χ0v) is 44.0. The van der Waals surface area contributed by atoms with E-state index in [2.05, 4.69) is 31.0 Å². The molecular formula is C48H60N10O14S2. The van der Waals surface area contributed by atoms with Crippen molar-refractivity contribution in [3.05, 3.63) is 94.8 Å². The number of esters is 1. The predicted molar refractivity (Wildman–Crippen MR) is 264 cm³/mol. The molecule has 0 unspecified atom stereocenters. The highest BCUT2D eigenvalue weighted by Gasteiger charge is 2.57. The van der Waals surface area contributed by atoms with Crippen molar-refractivity contribution in [2.24, 2.45) is 11.1 Å². The molecule has 2 saturated heterocycles. The number of oxime groups is 1. The van der Waals surface area contributed by atoms with Crippen molar-refractivity contribution in [2.75, 3.05) is 25.0 Å². The minimum Gasteiger partial charge on any atom is -0.450 e. The lowest BCUT2D eigenvalue weighted by Crippen LogP contribution is -2.73. The van der Waals surface area contributed by atoms with Gasteiger partial charge in [0.05, 0.1) is 19.3 Å². The van der Waals surface area contributed by atoms with E-state index in [0.29, 0.717) is 24.2 Å². The molecule has 2 aromatic heterocycles. The smallest absolute Gasteiger partial charge is 0.413 e. The molecule has 2 atom stereocenters. The summed E-state index contributed by atoms with van der Waals surface area (Å²) in [4.78, 5) is 94.7. The molecule has 3 N–H and O–H groups in total. The molecule has 5 amide bonds. The number of rotatable bonds is 17. The minimum atomic E-state index is -5.21. The maximum absolute atomic E-state index is 14.4. The Morgan fingerprint density at radius 1 is 0.892 bits per heavy atom. The maximum atomic E-state index is 14.4. The van der Waals surface area contributed by atoms with Crippen LogP contribution in [0, 0.1) is 5.92 Å². The summed E-state index contributed by atoms with van der Waals surface area (Å²) in [5, 5.41) is 19.0. The number of anilines is 1. The predicted octanol–water partition coefficient (Wildman–Crippen LogP) is 5.47. The Hall–Kier alpha value is -7.19. The topological polar surface area (TPSA) is 293 Å². The molecule has 1 saturated carbocycles. The van der Waals surface area contributed by atoms with Crippen molar-refractivity contribution in [2.45, 2.75) is 129 Å². The SMILES string of the molecule is CC(C)(C)OC(=O)Nc1nc(C(=NOC2(C(=O)OC(c3ccccc3)c3ccccc3)CC2)C(=O)N[C@@H]2C(=O)N(S(=O)(=O)O)[C@@H]2Cn2ncc(CN(CC3CN(C(=O)OC(C)(C)C)C3)C(=O)OC(C)(C)C)n2)cs1. The zero-order valence-electron chi connectivity index (χ0n) is 42.3. The number of thiazole rings is 1. The highest BCUT2D eigenvalue weighted by molar-refractivity contribution is 7.84. The molecule has 3 fully saturated rings. The Balaban J connectivity index is 1.10. The number of likely N-dealkylation sites (tertiary alicyclic amines) is 1. The summed E-state index contributed by atoms with van der Waals surface area (Å²) < 4.78 is 58.0. The molecule has 26 heteroatoms. The fourth-order valence-electron chi connectivity index (χ4n) is 7.62. The van der Waals surface area contributed by atoms with Crippen LogP contribution in [0.2, 0.25) is 0 Å². The average molecular weight is 1070 g/mol. The van der Waals surface area contributed by atoms with Gasteiger partial charge < -0.3 is 38.9 Å². The van der Waals surface area contributed by atoms with Gasteiger partial charge in [0.1, 0.15) is 40.3 Å². The fourth-order valence-corrected chi connectivity index (χ4v) is 9.18. The number of hydrogen-bond donors (Lipinski definition) is 3. The molecule has 74 heavy (non-hydrogen) atoms. The van der Waals surface area contributed by atoms with Gasteiger partial charge in [-0.2, -0.15) is 23.4 Å². The lowest BCUT2D eigenvalue weighted by Gasteiger charge is -2.43. The van der Waals surface area contributed by atoms with E-state index in [9.17, 15) is 41.7 Å². The Morgan fingerprint density at radius 2 is 1.49 bits per heavy atom. The van der Waals surface area contributed by atoms with Gasteiger partial charge in [0, 0.05) is 43.8 Å². The van der Waals surface area contributed by atoms with Crippen LogP contribution in [0.4, 0.5) is 19.5 Å². The van der Waals surface area contributed by atoms with Crippen molar-refractivity contribution in [3.8, 4) is 0 Å². The molecule has 7 rings (SSSR count). The monoisotopic (exact) mass is 1060 g/mol. The molecule has 4 aromatic rings. The zero-order chi connectivity index (χ0) is 54.0. The highest BCUT2D eigenvalue weighted by Crippen LogP contribution is 2.43. The molecule has 2 aliphatic heterocycles. The highest BCUT2D eigenvalue weighted by atomic mass is 32.2. The molecule has 4 heterocycles. The van der Waals surface area contributed by atoms with Gasteiger partial charge in [0.2, 0.25) is 5.60 Å². The molecule has 0 radical (unpaired) electrons. The molecule has 2 aromatic carbocycles. The van der Waals surface area contributed by atoms with Crippen LogP contribution in [0.1, 0.15) is 104 Å². The second-order valence-electron chi connectivity index (χ2n) is 20.9. The summed E-state index contributed by atoms with van der Waals surface area (Å²) in [6.45, 7) is 15.5. The number of β-lactam (4-membered cyclic amide) rings is 1. The Bertz CT molecular complexity index is 2830. The summed E-state index contributed by atoms with van der Waals surface area (Å²) in [5.74, 6) is -3.27. The molecule has 24 nitrogen and oxygen atoms in total. The van der Waals surface area contributed by atoms with Gasteiger partial charge in [-0.1, -0.05) is 65.8 Å². The third kappa shape index (κ3) is 14.1. The lowest BCUT2D eigenvalue weighted by molar-refractivity contribution is -0.164. The first-order valence-electron chi connectivity index (χ1n) is 23.6. The van der Waals surface area contributed by atoms with Crippen molar-refractivity contribution in [1.82, 2.24) is 39.4 Å². The molecule has 0 spiro atoms. The van der Waals surface area contributed by atoms with Crippen LogP contribution < -0.4 is 10.6 Å². The van der Waals surface area contributed by atoms with E-state index in [1.165, 1.54) is 21.4 Å². The fraction of sp³-hybridized carbons (Fsp3) is 0.500. The molecular weight excluding hydrogens is 1000 g/mol. The lowest BCUT2D eigenvalue weighted by atomic mass is 9.98. The normalized spacial score (nSPS) is 17.9. The number of nitrogens with zero attached hydrogens (tertiary/aromatic N) is 8. The number of carbonyl (C=O) groups is 6. The summed E-state index contributed by atoms with van der Waals surface area (Å²) in [7, 11) is -5.21. The van der Waals surface area contributed by atoms with Crippen molar-refractivity contribution in [3.63, 3.8) is 0 Å². The summed E-state index contributed by atoms with van der Waals surface area (Å²) in [6, 6.07) is 14.9. The molecule has 3 aliphatic rings. The Kier molecular flexibility index (Phi) is 15.7. The number of nitrogens with one attached hydrogen (secondary N) is 2. The number of ether oxygens (including phenoxy) is 4. The van der Waals surface area contributed by atoms with Gasteiger partial charge in [0.25, 0.3) is 11.8 Å². The second-order valence-corrected chi connectivity index (χ2v) is 23.1. The van der Waals surface area contributed by atoms with Gasteiger partial charge in [-0.25, -0.2) is 28.5 Å². The number of amides is 5. The van der Waals surface area contributed by atoms with E-state index in [-0.39, 0.29) is 52.7 Å². The Morgan fingerprint density at radius 3 is 2.04 bits per heavy atom.